The van der Waals surface area contributed by atoms with Gasteiger partial charge in [-0.15, -0.1) is 0 Å². The van der Waals surface area contributed by atoms with E-state index in [1.54, 1.807) is 21.1 Å². The number of hydrogen-bond acceptors (Lipinski definition) is 3. The smallest absolute Gasteiger partial charge is 0.490 e. The number of benzene rings is 4. The summed E-state index contributed by atoms with van der Waals surface area (Å²) in [6.07, 6.45) is -17.1. The van der Waals surface area contributed by atoms with Crippen molar-refractivity contribution in [2.24, 2.45) is 0 Å². The maximum atomic E-state index is 13.7. The molecule has 282 valence electrons. The van der Waals surface area contributed by atoms with Crippen molar-refractivity contribution in [3.05, 3.63) is 125 Å². The van der Waals surface area contributed by atoms with Gasteiger partial charge in [-0.05, 0) is 66.7 Å². The van der Waals surface area contributed by atoms with Gasteiger partial charge in [0.15, 0.2) is 0 Å². The average molecular weight is 753 g/mol. The third-order valence-electron chi connectivity index (χ3n) is 7.29. The third kappa shape index (κ3) is 12.3. The standard InChI is InChI=1S/C28H28BF9NO3.C7H4F3/c1-5-6-24(39(2,3)4)23-17-20(28(36,37)38)11-16-25(23)42-29(40-21-12-7-18(8-13-21)26(30,31)32)41-22-14-9-19(10-15-22)27(33,34)35;8-7(9,10)6-4-2-1-3-5-6/h7-17,24H,5-6H2,1-4H3;2-5H/q+1;-1. The highest BCUT2D eigenvalue weighted by Gasteiger charge is 2.39. The largest absolute Gasteiger partial charge is 0.864 e. The van der Waals surface area contributed by atoms with Gasteiger partial charge in [0.25, 0.3) is 0 Å². The molecule has 0 aliphatic rings. The van der Waals surface area contributed by atoms with Gasteiger partial charge in [0, 0.05) is 6.42 Å². The molecule has 0 aliphatic heterocycles. The van der Waals surface area contributed by atoms with Gasteiger partial charge in [0.1, 0.15) is 23.3 Å². The van der Waals surface area contributed by atoms with Crippen LogP contribution < -0.4 is 14.0 Å². The Kier molecular flexibility index (Phi) is 13.2. The number of nitrogens with zero attached hydrogens (tertiary/aromatic N) is 1. The molecule has 0 aromatic heterocycles. The van der Waals surface area contributed by atoms with Crippen LogP contribution in [0.15, 0.2) is 91.0 Å². The third-order valence-corrected chi connectivity index (χ3v) is 7.29. The summed E-state index contributed by atoms with van der Waals surface area (Å²) in [5.41, 5.74) is -3.33. The van der Waals surface area contributed by atoms with Crippen molar-refractivity contribution in [3.63, 3.8) is 0 Å². The van der Waals surface area contributed by atoms with Crippen LogP contribution in [0.5, 0.6) is 17.2 Å². The minimum atomic E-state index is -4.66. The summed E-state index contributed by atoms with van der Waals surface area (Å²) in [5, 5.41) is 0. The number of rotatable bonds is 10. The SMILES string of the molecule is CCCC(c1cc(C(F)(F)F)ccc1OB(Oc1ccc(C(F)(F)F)cc1)Oc1ccc(C(F)(F)F)cc1)[N+](C)(C)C.FC(F)(F)c1cc[c-]cc1. The highest BCUT2D eigenvalue weighted by Crippen LogP contribution is 2.40. The Labute approximate surface area is 292 Å². The molecule has 0 saturated carbocycles. The highest BCUT2D eigenvalue weighted by atomic mass is 19.4. The lowest BCUT2D eigenvalue weighted by Crippen LogP contribution is -2.41. The lowest BCUT2D eigenvalue weighted by atomic mass is 9.96. The fourth-order valence-corrected chi connectivity index (χ4v) is 4.74. The maximum absolute atomic E-state index is 13.7. The Morgan fingerprint density at radius 1 is 0.558 bits per heavy atom. The van der Waals surface area contributed by atoms with Gasteiger partial charge in [-0.3, -0.25) is 0 Å². The fraction of sp³-hybridized carbons (Fsp3) is 0.314. The molecule has 4 rings (SSSR count). The van der Waals surface area contributed by atoms with Crippen molar-refractivity contribution >= 4 is 7.32 Å². The second-order valence-corrected chi connectivity index (χ2v) is 12.1. The second-order valence-electron chi connectivity index (χ2n) is 12.1. The molecule has 0 fully saturated rings. The molecular formula is C35H32BF12NO3. The Bertz CT molecular complexity index is 1640. The zero-order valence-electron chi connectivity index (χ0n) is 27.9. The summed E-state index contributed by atoms with van der Waals surface area (Å²) in [4.78, 5) is 0. The van der Waals surface area contributed by atoms with E-state index in [0.717, 1.165) is 78.9 Å². The van der Waals surface area contributed by atoms with Crippen LogP contribution in [0.3, 0.4) is 0 Å². The molecular weight excluding hydrogens is 721 g/mol. The Balaban J connectivity index is 0.000000626. The molecule has 0 amide bonds. The van der Waals surface area contributed by atoms with Crippen molar-refractivity contribution in [2.75, 3.05) is 21.1 Å². The molecule has 0 spiro atoms. The van der Waals surface area contributed by atoms with E-state index in [1.807, 2.05) is 6.92 Å². The van der Waals surface area contributed by atoms with E-state index in [1.165, 1.54) is 12.1 Å². The van der Waals surface area contributed by atoms with Crippen LogP contribution in [0.4, 0.5) is 52.7 Å². The van der Waals surface area contributed by atoms with Crippen molar-refractivity contribution in [3.8, 4) is 17.2 Å². The fourth-order valence-electron chi connectivity index (χ4n) is 4.74. The highest BCUT2D eigenvalue weighted by molar-refractivity contribution is 6.39. The first-order valence-corrected chi connectivity index (χ1v) is 15.3. The molecule has 4 nitrogen and oxygen atoms in total. The molecule has 4 aromatic rings. The Morgan fingerprint density at radius 2 is 0.942 bits per heavy atom. The van der Waals surface area contributed by atoms with Gasteiger partial charge in [-0.25, -0.2) is 0 Å². The summed E-state index contributed by atoms with van der Waals surface area (Å²) in [5.74, 6) is -0.395. The molecule has 0 bridgehead atoms. The van der Waals surface area contributed by atoms with Crippen molar-refractivity contribution in [1.29, 1.82) is 0 Å². The molecule has 0 radical (unpaired) electrons. The van der Waals surface area contributed by atoms with Crippen LogP contribution in [0, 0.1) is 6.07 Å². The Hall–Kier alpha value is -4.54. The normalized spacial score (nSPS) is 13.1. The molecule has 17 heteroatoms. The number of alkyl halides is 12. The van der Waals surface area contributed by atoms with Crippen LogP contribution in [0.2, 0.25) is 0 Å². The number of quaternary nitrogens is 1. The van der Waals surface area contributed by atoms with Crippen LogP contribution in [-0.2, 0) is 24.7 Å². The van der Waals surface area contributed by atoms with E-state index in [4.69, 9.17) is 14.0 Å². The van der Waals surface area contributed by atoms with E-state index in [0.29, 0.717) is 12.8 Å². The van der Waals surface area contributed by atoms with Gasteiger partial charge < -0.3 is 18.4 Å². The predicted octanol–water partition coefficient (Wildman–Crippen LogP) is 11.3. The van der Waals surface area contributed by atoms with E-state index >= 15 is 0 Å². The Morgan fingerprint density at radius 3 is 1.29 bits per heavy atom. The van der Waals surface area contributed by atoms with Crippen LogP contribution >= 0.6 is 0 Å². The van der Waals surface area contributed by atoms with Gasteiger partial charge in [0.05, 0.1) is 43.4 Å². The van der Waals surface area contributed by atoms with E-state index in [-0.39, 0.29) is 27.3 Å². The molecule has 0 N–H and O–H groups in total. The minimum Gasteiger partial charge on any atom is -0.490 e. The van der Waals surface area contributed by atoms with Gasteiger partial charge >= 0.3 is 32.0 Å². The molecule has 0 saturated heterocycles. The maximum Gasteiger partial charge on any atom is 0.864 e. The number of hydrogen-bond donors (Lipinski definition) is 0. The lowest BCUT2D eigenvalue weighted by Gasteiger charge is -2.35. The van der Waals surface area contributed by atoms with Crippen molar-refractivity contribution in [1.82, 2.24) is 0 Å². The first-order valence-electron chi connectivity index (χ1n) is 15.3. The molecule has 52 heavy (non-hydrogen) atoms. The van der Waals surface area contributed by atoms with Crippen molar-refractivity contribution in [2.45, 2.75) is 50.5 Å². The summed E-state index contributed by atoms with van der Waals surface area (Å²) >= 11 is 0. The quantitative estimate of drug-likeness (QED) is 0.0699. The monoisotopic (exact) mass is 753 g/mol. The zero-order chi connectivity index (χ0) is 39.1. The summed E-state index contributed by atoms with van der Waals surface area (Å²) < 4.78 is 172. The first-order chi connectivity index (χ1) is 23.9. The van der Waals surface area contributed by atoms with Gasteiger partial charge in [0.2, 0.25) is 0 Å². The van der Waals surface area contributed by atoms with Gasteiger partial charge in [-0.1, -0.05) is 18.9 Å². The zero-order valence-corrected chi connectivity index (χ0v) is 27.9. The second kappa shape index (κ2) is 16.4. The minimum absolute atomic E-state index is 0.0710. The summed E-state index contributed by atoms with van der Waals surface area (Å²) in [7, 11) is 3.56. The van der Waals surface area contributed by atoms with E-state index in [9.17, 15) is 52.7 Å². The number of halogens is 12. The lowest BCUT2D eigenvalue weighted by molar-refractivity contribution is -0.902. The first kappa shape index (κ1) is 41.9. The van der Waals surface area contributed by atoms with E-state index in [2.05, 4.69) is 6.07 Å². The summed E-state index contributed by atoms with van der Waals surface area (Å²) in [6.45, 7) is 1.86. The predicted molar refractivity (Wildman–Crippen MR) is 168 cm³/mol. The van der Waals surface area contributed by atoms with Crippen LogP contribution in [0.25, 0.3) is 0 Å². The molecule has 0 heterocycles. The summed E-state index contributed by atoms with van der Waals surface area (Å²) in [6, 6.07) is 16.2. The molecule has 0 aliphatic carbocycles. The molecule has 1 atom stereocenters. The molecule has 4 aromatic carbocycles. The van der Waals surface area contributed by atoms with E-state index < -0.39 is 60.3 Å². The average Bonchev–Trinajstić information content (AvgIpc) is 3.03. The van der Waals surface area contributed by atoms with Crippen molar-refractivity contribution < 1.29 is 71.1 Å². The van der Waals surface area contributed by atoms with Crippen LogP contribution in [0.1, 0.15) is 53.6 Å². The topological polar surface area (TPSA) is 27.7 Å². The molecule has 1 unspecified atom stereocenters. The van der Waals surface area contributed by atoms with Gasteiger partial charge in [-0.2, -0.15) is 83.0 Å². The van der Waals surface area contributed by atoms with Crippen LogP contribution in [-0.4, -0.2) is 32.9 Å².